The van der Waals surface area contributed by atoms with Gasteiger partial charge in [-0.1, -0.05) is 6.07 Å². The molecule has 1 saturated heterocycles. The van der Waals surface area contributed by atoms with Crippen LogP contribution in [-0.2, 0) is 13.1 Å². The van der Waals surface area contributed by atoms with E-state index in [-0.39, 0.29) is 24.0 Å². The third-order valence-corrected chi connectivity index (χ3v) is 5.33. The van der Waals surface area contributed by atoms with Gasteiger partial charge in [0.25, 0.3) is 0 Å². The number of rotatable bonds is 8. The number of benzene rings is 1. The van der Waals surface area contributed by atoms with Crippen LogP contribution >= 0.6 is 24.0 Å². The fourth-order valence-electron chi connectivity index (χ4n) is 3.68. The standard InChI is InChI=1S/C23H33N5O3.HI/c1-5-24-23(26-16-18-7-6-10-25-22(18)31-4)28-13-11-27(12-14-28)17-19-15-20(29-2)8-9-21(19)30-3;/h6-10,15H,5,11-14,16-17H2,1-4H3,(H,24,26);1H. The van der Waals surface area contributed by atoms with Crippen LogP contribution in [0, 0.1) is 0 Å². The van der Waals surface area contributed by atoms with E-state index in [2.05, 4.69) is 33.1 Å². The topological polar surface area (TPSA) is 71.5 Å². The Morgan fingerprint density at radius 2 is 1.81 bits per heavy atom. The van der Waals surface area contributed by atoms with Crippen molar-refractivity contribution in [1.29, 1.82) is 0 Å². The lowest BCUT2D eigenvalue weighted by atomic mass is 10.1. The second-order valence-corrected chi connectivity index (χ2v) is 7.28. The molecule has 2 heterocycles. The monoisotopic (exact) mass is 555 g/mol. The van der Waals surface area contributed by atoms with Crippen LogP contribution in [0.1, 0.15) is 18.1 Å². The molecule has 3 rings (SSSR count). The Hall–Kier alpha value is -2.27. The van der Waals surface area contributed by atoms with Gasteiger partial charge in [0.05, 0.1) is 27.9 Å². The zero-order valence-corrected chi connectivity index (χ0v) is 21.7. The molecule has 0 amide bonds. The third-order valence-electron chi connectivity index (χ3n) is 5.33. The van der Waals surface area contributed by atoms with Gasteiger partial charge in [0.1, 0.15) is 11.5 Å². The quantitative estimate of drug-likeness (QED) is 0.305. The van der Waals surface area contributed by atoms with Crippen molar-refractivity contribution in [2.75, 3.05) is 54.1 Å². The van der Waals surface area contributed by atoms with E-state index >= 15 is 0 Å². The molecule has 0 aliphatic carbocycles. The molecule has 1 aromatic carbocycles. The van der Waals surface area contributed by atoms with Crippen LogP contribution in [0.15, 0.2) is 41.5 Å². The zero-order chi connectivity index (χ0) is 22.1. The first-order chi connectivity index (χ1) is 15.2. The molecule has 1 fully saturated rings. The molecule has 1 N–H and O–H groups in total. The van der Waals surface area contributed by atoms with Gasteiger partial charge in [-0.25, -0.2) is 9.98 Å². The lowest BCUT2D eigenvalue weighted by molar-refractivity contribution is 0.171. The molecule has 0 bridgehead atoms. The molecule has 0 atom stereocenters. The van der Waals surface area contributed by atoms with Crippen molar-refractivity contribution in [3.05, 3.63) is 47.7 Å². The minimum Gasteiger partial charge on any atom is -0.497 e. The van der Waals surface area contributed by atoms with Crippen molar-refractivity contribution in [2.24, 2.45) is 4.99 Å². The minimum absolute atomic E-state index is 0. The minimum atomic E-state index is 0. The van der Waals surface area contributed by atoms with E-state index in [4.69, 9.17) is 19.2 Å². The number of aliphatic imine (C=N–C) groups is 1. The molecule has 0 unspecified atom stereocenters. The second-order valence-electron chi connectivity index (χ2n) is 7.28. The predicted molar refractivity (Wildman–Crippen MR) is 137 cm³/mol. The van der Waals surface area contributed by atoms with Crippen molar-refractivity contribution in [3.8, 4) is 17.4 Å². The summed E-state index contributed by atoms with van der Waals surface area (Å²) in [5.74, 6) is 3.29. The number of methoxy groups -OCH3 is 3. The largest absolute Gasteiger partial charge is 0.497 e. The maximum atomic E-state index is 5.53. The Kier molecular flexibility index (Phi) is 10.8. The highest BCUT2D eigenvalue weighted by Gasteiger charge is 2.21. The molecule has 0 saturated carbocycles. The van der Waals surface area contributed by atoms with Crippen LogP contribution in [0.4, 0.5) is 0 Å². The lowest BCUT2D eigenvalue weighted by Crippen LogP contribution is -2.52. The van der Waals surface area contributed by atoms with Crippen molar-refractivity contribution < 1.29 is 14.2 Å². The number of nitrogens with one attached hydrogen (secondary N) is 1. The molecule has 0 radical (unpaired) electrons. The zero-order valence-electron chi connectivity index (χ0n) is 19.3. The first-order valence-electron chi connectivity index (χ1n) is 10.6. The van der Waals surface area contributed by atoms with E-state index in [9.17, 15) is 0 Å². The molecule has 32 heavy (non-hydrogen) atoms. The smallest absolute Gasteiger partial charge is 0.218 e. The van der Waals surface area contributed by atoms with Gasteiger partial charge in [0.15, 0.2) is 5.96 Å². The van der Waals surface area contributed by atoms with Gasteiger partial charge in [-0.05, 0) is 31.2 Å². The summed E-state index contributed by atoms with van der Waals surface area (Å²) in [6, 6.07) is 9.85. The molecule has 1 aliphatic rings. The van der Waals surface area contributed by atoms with E-state index in [1.807, 2.05) is 24.3 Å². The van der Waals surface area contributed by atoms with Crippen LogP contribution in [0.2, 0.25) is 0 Å². The number of guanidine groups is 1. The Labute approximate surface area is 208 Å². The first kappa shape index (κ1) is 26.0. The van der Waals surface area contributed by atoms with Crippen LogP contribution in [0.3, 0.4) is 0 Å². The van der Waals surface area contributed by atoms with Crippen LogP contribution in [0.5, 0.6) is 17.4 Å². The average molecular weight is 555 g/mol. The van der Waals surface area contributed by atoms with Gasteiger partial charge in [-0.15, -0.1) is 24.0 Å². The number of pyridine rings is 1. The molecule has 0 spiro atoms. The number of aromatic nitrogens is 1. The van der Waals surface area contributed by atoms with E-state index in [1.165, 1.54) is 0 Å². The second kappa shape index (κ2) is 13.3. The molecular weight excluding hydrogens is 521 g/mol. The molecular formula is C23H34IN5O3. The van der Waals surface area contributed by atoms with Crippen LogP contribution in [-0.4, -0.2) is 74.8 Å². The molecule has 176 valence electrons. The van der Waals surface area contributed by atoms with Gasteiger partial charge >= 0.3 is 0 Å². The van der Waals surface area contributed by atoms with Crippen LogP contribution < -0.4 is 19.5 Å². The molecule has 8 nitrogen and oxygen atoms in total. The summed E-state index contributed by atoms with van der Waals surface area (Å²) in [4.78, 5) is 13.8. The molecule has 1 aromatic heterocycles. The van der Waals surface area contributed by atoms with Gasteiger partial charge in [-0.2, -0.15) is 0 Å². The van der Waals surface area contributed by atoms with Gasteiger partial charge in [-0.3, -0.25) is 4.90 Å². The Morgan fingerprint density at radius 1 is 1.03 bits per heavy atom. The Balaban J connectivity index is 0.00000363. The Morgan fingerprint density at radius 3 is 2.47 bits per heavy atom. The summed E-state index contributed by atoms with van der Waals surface area (Å²) < 4.78 is 16.3. The maximum absolute atomic E-state index is 5.53. The maximum Gasteiger partial charge on any atom is 0.218 e. The lowest BCUT2D eigenvalue weighted by Gasteiger charge is -2.36. The summed E-state index contributed by atoms with van der Waals surface area (Å²) in [5.41, 5.74) is 2.11. The summed E-state index contributed by atoms with van der Waals surface area (Å²) in [6.07, 6.45) is 1.73. The fraction of sp³-hybridized carbons (Fsp3) is 0.478. The summed E-state index contributed by atoms with van der Waals surface area (Å²) in [5, 5.41) is 3.42. The third kappa shape index (κ3) is 6.86. The van der Waals surface area contributed by atoms with Gasteiger partial charge < -0.3 is 24.4 Å². The summed E-state index contributed by atoms with van der Waals surface area (Å²) in [6.45, 7) is 7.97. The number of nitrogens with zero attached hydrogens (tertiary/aromatic N) is 4. The number of hydrogen-bond acceptors (Lipinski definition) is 6. The molecule has 2 aromatic rings. The Bertz CT molecular complexity index is 872. The number of halogens is 1. The highest BCUT2D eigenvalue weighted by molar-refractivity contribution is 14.0. The van der Waals surface area contributed by atoms with E-state index < -0.39 is 0 Å². The SMILES string of the molecule is CCNC(=NCc1cccnc1OC)N1CCN(Cc2cc(OC)ccc2OC)CC1.I. The fourth-order valence-corrected chi connectivity index (χ4v) is 3.68. The molecule has 1 aliphatic heterocycles. The van der Waals surface area contributed by atoms with Gasteiger partial charge in [0, 0.05) is 56.6 Å². The van der Waals surface area contributed by atoms with Crippen molar-refractivity contribution >= 4 is 29.9 Å². The number of piperazine rings is 1. The normalized spacial score (nSPS) is 14.5. The summed E-state index contributed by atoms with van der Waals surface area (Å²) in [7, 11) is 5.03. The van der Waals surface area contributed by atoms with Crippen molar-refractivity contribution in [1.82, 2.24) is 20.1 Å². The predicted octanol–water partition coefficient (Wildman–Crippen LogP) is 3.01. The average Bonchev–Trinajstić information content (AvgIpc) is 2.82. The number of ether oxygens (including phenoxy) is 3. The first-order valence-corrected chi connectivity index (χ1v) is 10.6. The summed E-state index contributed by atoms with van der Waals surface area (Å²) >= 11 is 0. The molecule has 9 heteroatoms. The van der Waals surface area contributed by atoms with Crippen LogP contribution in [0.25, 0.3) is 0 Å². The van der Waals surface area contributed by atoms with Gasteiger partial charge in [0.2, 0.25) is 5.88 Å². The van der Waals surface area contributed by atoms with E-state index in [0.29, 0.717) is 12.4 Å². The van der Waals surface area contributed by atoms with E-state index in [1.54, 1.807) is 27.5 Å². The number of hydrogen-bond donors (Lipinski definition) is 1. The van der Waals surface area contributed by atoms with Crippen molar-refractivity contribution in [3.63, 3.8) is 0 Å². The highest BCUT2D eigenvalue weighted by atomic mass is 127. The highest BCUT2D eigenvalue weighted by Crippen LogP contribution is 2.25. The van der Waals surface area contributed by atoms with Crippen molar-refractivity contribution in [2.45, 2.75) is 20.0 Å². The van der Waals surface area contributed by atoms with E-state index in [0.717, 1.165) is 67.9 Å².